The number of hydrogen-bond donors (Lipinski definition) is 3. The molecule has 4 N–H and O–H groups in total. The number of rotatable bonds is 6. The lowest BCUT2D eigenvalue weighted by molar-refractivity contribution is -0.132. The van der Waals surface area contributed by atoms with Crippen LogP contribution in [0, 0.1) is 0 Å². The largest absolute Gasteiger partial charge is 0.395 e. The number of carbonyl (C=O) groups excluding carboxylic acids is 1. The topological polar surface area (TPSA) is 78.6 Å². The van der Waals surface area contributed by atoms with Crippen LogP contribution in [0.5, 0.6) is 0 Å². The monoisotopic (exact) mass is 229 g/mol. The Hall–Kier alpha value is -0.650. The first-order valence-corrected chi connectivity index (χ1v) is 6.10. The summed E-state index contributed by atoms with van der Waals surface area (Å²) >= 11 is 0. The lowest BCUT2D eigenvalue weighted by Gasteiger charge is -2.32. The Labute approximate surface area is 97.0 Å². The highest BCUT2D eigenvalue weighted by Gasteiger charge is 2.21. The molecule has 0 spiro atoms. The summed E-state index contributed by atoms with van der Waals surface area (Å²) < 4.78 is 0. The van der Waals surface area contributed by atoms with Crippen LogP contribution in [0.4, 0.5) is 0 Å². The summed E-state index contributed by atoms with van der Waals surface area (Å²) in [4.78, 5) is 13.7. The third-order valence-corrected chi connectivity index (χ3v) is 2.92. The van der Waals surface area contributed by atoms with E-state index in [1.165, 1.54) is 0 Å². The standard InChI is InChI=1S/C11H23N3O2/c12-5-3-1-2-4-11(16)14-7-6-13-10(8-14)9-15/h10,13,15H,1-9,12H2/t10-/m0/s1. The second-order valence-electron chi connectivity index (χ2n) is 4.27. The molecule has 5 nitrogen and oxygen atoms in total. The molecular formula is C11H23N3O2. The molecule has 0 bridgehead atoms. The molecule has 0 aromatic rings. The number of amides is 1. The van der Waals surface area contributed by atoms with Crippen LogP contribution < -0.4 is 11.1 Å². The second kappa shape index (κ2) is 7.60. The third kappa shape index (κ3) is 4.47. The maximum Gasteiger partial charge on any atom is 0.222 e. The summed E-state index contributed by atoms with van der Waals surface area (Å²) in [7, 11) is 0. The average molecular weight is 229 g/mol. The van der Waals surface area contributed by atoms with Crippen LogP contribution in [-0.4, -0.2) is 54.7 Å². The van der Waals surface area contributed by atoms with Crippen molar-refractivity contribution in [3.63, 3.8) is 0 Å². The van der Waals surface area contributed by atoms with Crippen LogP contribution >= 0.6 is 0 Å². The van der Waals surface area contributed by atoms with Crippen molar-refractivity contribution in [2.45, 2.75) is 31.7 Å². The molecule has 0 aliphatic carbocycles. The number of aliphatic hydroxyl groups is 1. The maximum atomic E-state index is 11.8. The molecular weight excluding hydrogens is 206 g/mol. The van der Waals surface area contributed by atoms with Crippen LogP contribution in [0.3, 0.4) is 0 Å². The van der Waals surface area contributed by atoms with Crippen LogP contribution in [0.25, 0.3) is 0 Å². The van der Waals surface area contributed by atoms with Crippen molar-refractivity contribution in [1.29, 1.82) is 0 Å². The van der Waals surface area contributed by atoms with Gasteiger partial charge in [0.25, 0.3) is 0 Å². The summed E-state index contributed by atoms with van der Waals surface area (Å²) in [6, 6.07) is 0.0433. The lowest BCUT2D eigenvalue weighted by Crippen LogP contribution is -2.53. The number of nitrogens with zero attached hydrogens (tertiary/aromatic N) is 1. The first-order chi connectivity index (χ1) is 7.77. The lowest BCUT2D eigenvalue weighted by atomic mass is 10.1. The van der Waals surface area contributed by atoms with Crippen LogP contribution in [-0.2, 0) is 4.79 Å². The highest BCUT2D eigenvalue weighted by molar-refractivity contribution is 5.76. The summed E-state index contributed by atoms with van der Waals surface area (Å²) in [5.41, 5.74) is 5.39. The minimum absolute atomic E-state index is 0.0433. The van der Waals surface area contributed by atoms with Gasteiger partial charge in [-0.15, -0.1) is 0 Å². The zero-order valence-corrected chi connectivity index (χ0v) is 9.82. The van der Waals surface area contributed by atoms with Gasteiger partial charge in [0.1, 0.15) is 0 Å². The summed E-state index contributed by atoms with van der Waals surface area (Å²) in [6.07, 6.45) is 3.55. The fraction of sp³-hybridized carbons (Fsp3) is 0.909. The van der Waals surface area contributed by atoms with Gasteiger partial charge in [-0.05, 0) is 19.4 Å². The number of carbonyl (C=O) groups is 1. The maximum absolute atomic E-state index is 11.8. The van der Waals surface area contributed by atoms with Crippen molar-refractivity contribution in [3.05, 3.63) is 0 Å². The van der Waals surface area contributed by atoms with Gasteiger partial charge in [-0.3, -0.25) is 4.79 Å². The summed E-state index contributed by atoms with van der Waals surface area (Å²) in [5, 5.41) is 12.2. The fourth-order valence-electron chi connectivity index (χ4n) is 1.93. The molecule has 1 rings (SSSR count). The molecule has 16 heavy (non-hydrogen) atoms. The van der Waals surface area contributed by atoms with Crippen molar-refractivity contribution in [3.8, 4) is 0 Å². The van der Waals surface area contributed by atoms with E-state index in [1.54, 1.807) is 0 Å². The van der Waals surface area contributed by atoms with Crippen LogP contribution in [0.2, 0.25) is 0 Å². The molecule has 0 unspecified atom stereocenters. The van der Waals surface area contributed by atoms with E-state index in [0.717, 1.165) is 32.4 Å². The molecule has 1 aliphatic heterocycles. The Morgan fingerprint density at radius 1 is 1.44 bits per heavy atom. The minimum atomic E-state index is 0.0433. The van der Waals surface area contributed by atoms with E-state index in [-0.39, 0.29) is 18.6 Å². The van der Waals surface area contributed by atoms with E-state index in [4.69, 9.17) is 10.8 Å². The van der Waals surface area contributed by atoms with E-state index in [2.05, 4.69) is 5.32 Å². The molecule has 5 heteroatoms. The third-order valence-electron chi connectivity index (χ3n) is 2.92. The van der Waals surface area contributed by atoms with Crippen LogP contribution in [0.1, 0.15) is 25.7 Å². The number of piperazine rings is 1. The van der Waals surface area contributed by atoms with Gasteiger partial charge >= 0.3 is 0 Å². The number of hydrogen-bond acceptors (Lipinski definition) is 4. The van der Waals surface area contributed by atoms with Crippen molar-refractivity contribution < 1.29 is 9.90 Å². The van der Waals surface area contributed by atoms with Gasteiger partial charge < -0.3 is 21.1 Å². The van der Waals surface area contributed by atoms with Crippen molar-refractivity contribution in [1.82, 2.24) is 10.2 Å². The fourth-order valence-corrected chi connectivity index (χ4v) is 1.93. The molecule has 1 fully saturated rings. The smallest absolute Gasteiger partial charge is 0.222 e. The van der Waals surface area contributed by atoms with Crippen molar-refractivity contribution in [2.24, 2.45) is 5.73 Å². The summed E-state index contributed by atoms with van der Waals surface area (Å²) in [6.45, 7) is 2.96. The molecule has 94 valence electrons. The molecule has 0 radical (unpaired) electrons. The Morgan fingerprint density at radius 3 is 2.94 bits per heavy atom. The molecule has 0 aromatic carbocycles. The van der Waals surface area contributed by atoms with E-state index >= 15 is 0 Å². The molecule has 1 aliphatic rings. The van der Waals surface area contributed by atoms with Gasteiger partial charge in [-0.1, -0.05) is 6.42 Å². The molecule has 1 saturated heterocycles. The Kier molecular flexibility index (Phi) is 6.37. The Morgan fingerprint density at radius 2 is 2.25 bits per heavy atom. The van der Waals surface area contributed by atoms with Gasteiger partial charge in [-0.25, -0.2) is 0 Å². The Bertz CT molecular complexity index is 211. The number of nitrogens with two attached hydrogens (primary N) is 1. The predicted molar refractivity (Wildman–Crippen MR) is 63.0 cm³/mol. The molecule has 1 amide bonds. The second-order valence-corrected chi connectivity index (χ2v) is 4.27. The van der Waals surface area contributed by atoms with Gasteiger partial charge in [0.05, 0.1) is 6.61 Å². The van der Waals surface area contributed by atoms with E-state index in [9.17, 15) is 4.79 Å². The number of unbranched alkanes of at least 4 members (excludes halogenated alkanes) is 2. The zero-order valence-electron chi connectivity index (χ0n) is 9.82. The number of nitrogens with one attached hydrogen (secondary N) is 1. The Balaban J connectivity index is 2.19. The molecule has 0 saturated carbocycles. The van der Waals surface area contributed by atoms with Gasteiger partial charge in [0.2, 0.25) is 5.91 Å². The SMILES string of the molecule is NCCCCCC(=O)N1CCN[C@H](CO)C1. The average Bonchev–Trinajstić information content (AvgIpc) is 2.34. The highest BCUT2D eigenvalue weighted by atomic mass is 16.3. The van der Waals surface area contributed by atoms with Gasteiger partial charge in [0, 0.05) is 32.1 Å². The number of aliphatic hydroxyl groups excluding tert-OH is 1. The van der Waals surface area contributed by atoms with Gasteiger partial charge in [0.15, 0.2) is 0 Å². The van der Waals surface area contributed by atoms with Crippen molar-refractivity contribution in [2.75, 3.05) is 32.8 Å². The molecule has 0 aromatic heterocycles. The van der Waals surface area contributed by atoms with Gasteiger partial charge in [-0.2, -0.15) is 0 Å². The normalized spacial score (nSPS) is 21.1. The van der Waals surface area contributed by atoms with Crippen LogP contribution in [0.15, 0.2) is 0 Å². The highest BCUT2D eigenvalue weighted by Crippen LogP contribution is 2.06. The van der Waals surface area contributed by atoms with E-state index in [1.807, 2.05) is 4.90 Å². The summed E-state index contributed by atoms with van der Waals surface area (Å²) in [5.74, 6) is 0.206. The first kappa shape index (κ1) is 13.4. The zero-order chi connectivity index (χ0) is 11.8. The molecule has 1 heterocycles. The predicted octanol–water partition coefficient (Wildman–Crippen LogP) is -0.702. The van der Waals surface area contributed by atoms with E-state index < -0.39 is 0 Å². The van der Waals surface area contributed by atoms with Crippen molar-refractivity contribution >= 4 is 5.91 Å². The van der Waals surface area contributed by atoms with E-state index in [0.29, 0.717) is 19.5 Å². The molecule has 1 atom stereocenters. The minimum Gasteiger partial charge on any atom is -0.395 e. The first-order valence-electron chi connectivity index (χ1n) is 6.10. The quantitative estimate of drug-likeness (QED) is 0.526.